The van der Waals surface area contributed by atoms with Crippen molar-refractivity contribution in [3.05, 3.63) is 42.2 Å². The molecule has 1 nitrogen and oxygen atoms in total. The van der Waals surface area contributed by atoms with Gasteiger partial charge >= 0.3 is 0 Å². The monoisotopic (exact) mass is 187 g/mol. The average Bonchev–Trinajstić information content (AvgIpc) is 2.16. The summed E-state index contributed by atoms with van der Waals surface area (Å²) >= 11 is 0. The fourth-order valence-corrected chi connectivity index (χ4v) is 1.33. The van der Waals surface area contributed by atoms with Crippen molar-refractivity contribution < 1.29 is 0 Å². The van der Waals surface area contributed by atoms with E-state index in [1.165, 1.54) is 0 Å². The fourth-order valence-electron chi connectivity index (χ4n) is 1.33. The van der Waals surface area contributed by atoms with Crippen LogP contribution in [0.2, 0.25) is 0 Å². The lowest BCUT2D eigenvalue weighted by atomic mass is 10.0. The minimum atomic E-state index is 0.452. The van der Waals surface area contributed by atoms with Gasteiger partial charge in [0.05, 0.1) is 5.69 Å². The van der Waals surface area contributed by atoms with Crippen LogP contribution in [0.4, 0.5) is 0 Å². The second-order valence-electron chi connectivity index (χ2n) is 3.81. The molecule has 0 saturated carbocycles. The highest BCUT2D eigenvalue weighted by Crippen LogP contribution is 2.20. The third-order valence-electron chi connectivity index (χ3n) is 2.19. The van der Waals surface area contributed by atoms with Gasteiger partial charge in [-0.15, -0.1) is 0 Å². The zero-order valence-electron chi connectivity index (χ0n) is 9.17. The highest BCUT2D eigenvalue weighted by Gasteiger charge is 2.05. The van der Waals surface area contributed by atoms with Crippen molar-refractivity contribution in [2.75, 3.05) is 0 Å². The van der Waals surface area contributed by atoms with Crippen molar-refractivity contribution in [2.45, 2.75) is 26.7 Å². The van der Waals surface area contributed by atoms with E-state index in [4.69, 9.17) is 0 Å². The Morgan fingerprint density at radius 3 is 2.50 bits per heavy atom. The van der Waals surface area contributed by atoms with Gasteiger partial charge in [-0.25, -0.2) is 0 Å². The van der Waals surface area contributed by atoms with Gasteiger partial charge in [-0.05, 0) is 30.6 Å². The Kier molecular flexibility index (Phi) is 3.23. The number of allylic oxidation sites excluding steroid dienone is 1. The highest BCUT2D eigenvalue weighted by atomic mass is 14.7. The van der Waals surface area contributed by atoms with E-state index >= 15 is 0 Å². The van der Waals surface area contributed by atoms with Gasteiger partial charge in [0.15, 0.2) is 0 Å². The Morgan fingerprint density at radius 1 is 1.43 bits per heavy atom. The van der Waals surface area contributed by atoms with Gasteiger partial charge in [-0.3, -0.25) is 4.98 Å². The zero-order valence-corrected chi connectivity index (χ0v) is 9.17. The lowest BCUT2D eigenvalue weighted by Gasteiger charge is -2.09. The molecular weight excluding hydrogens is 170 g/mol. The van der Waals surface area contributed by atoms with Crippen molar-refractivity contribution in [3.63, 3.8) is 0 Å². The molecule has 0 unspecified atom stereocenters. The van der Waals surface area contributed by atoms with Gasteiger partial charge in [0.1, 0.15) is 0 Å². The Morgan fingerprint density at radius 2 is 2.07 bits per heavy atom. The number of rotatable bonds is 3. The fraction of sp³-hybridized carbons (Fsp3) is 0.308. The van der Waals surface area contributed by atoms with Gasteiger partial charge in [0.25, 0.3) is 0 Å². The number of hydrogen-bond donors (Lipinski definition) is 0. The van der Waals surface area contributed by atoms with Gasteiger partial charge in [0, 0.05) is 11.3 Å². The summed E-state index contributed by atoms with van der Waals surface area (Å²) in [7, 11) is 0. The quantitative estimate of drug-likeness (QED) is 0.699. The summed E-state index contributed by atoms with van der Waals surface area (Å²) < 4.78 is 0. The van der Waals surface area contributed by atoms with Crippen LogP contribution in [-0.2, 0) is 0 Å². The first-order chi connectivity index (χ1) is 6.56. The lowest BCUT2D eigenvalue weighted by Crippen LogP contribution is -1.97. The molecule has 74 valence electrons. The maximum absolute atomic E-state index is 4.53. The van der Waals surface area contributed by atoms with E-state index in [2.05, 4.69) is 44.1 Å². The van der Waals surface area contributed by atoms with Crippen LogP contribution in [0.5, 0.6) is 0 Å². The van der Waals surface area contributed by atoms with Crippen molar-refractivity contribution in [2.24, 2.45) is 0 Å². The molecule has 0 N–H and O–H groups in total. The molecule has 0 fully saturated rings. The summed E-state index contributed by atoms with van der Waals surface area (Å²) in [4.78, 5) is 4.53. The van der Waals surface area contributed by atoms with E-state index in [0.29, 0.717) is 5.92 Å². The molecule has 0 aliphatic rings. The topological polar surface area (TPSA) is 12.9 Å². The first kappa shape index (κ1) is 10.7. The summed E-state index contributed by atoms with van der Waals surface area (Å²) in [6, 6.07) is 4.13. The SMILES string of the molecule is C=Cc1nc(C(C)C)ccc1C(=C)C. The molecule has 1 heterocycles. The van der Waals surface area contributed by atoms with E-state index in [1.54, 1.807) is 6.08 Å². The molecule has 14 heavy (non-hydrogen) atoms. The number of hydrogen-bond acceptors (Lipinski definition) is 1. The normalized spacial score (nSPS) is 10.3. The average molecular weight is 187 g/mol. The highest BCUT2D eigenvalue weighted by molar-refractivity contribution is 5.69. The lowest BCUT2D eigenvalue weighted by molar-refractivity contribution is 0.820. The zero-order chi connectivity index (χ0) is 10.7. The number of nitrogens with zero attached hydrogens (tertiary/aromatic N) is 1. The number of pyridine rings is 1. The minimum Gasteiger partial charge on any atom is -0.253 e. The Hall–Kier alpha value is -1.37. The molecule has 1 aromatic heterocycles. The Balaban J connectivity index is 3.25. The molecule has 0 aliphatic heterocycles. The van der Waals surface area contributed by atoms with E-state index in [1.807, 2.05) is 6.92 Å². The maximum atomic E-state index is 4.53. The van der Waals surface area contributed by atoms with Gasteiger partial charge in [0.2, 0.25) is 0 Å². The van der Waals surface area contributed by atoms with Gasteiger partial charge in [-0.1, -0.05) is 33.1 Å². The molecule has 0 saturated heterocycles. The van der Waals surface area contributed by atoms with Crippen LogP contribution in [0.1, 0.15) is 43.6 Å². The van der Waals surface area contributed by atoms with E-state index in [9.17, 15) is 0 Å². The summed E-state index contributed by atoms with van der Waals surface area (Å²) in [5.41, 5.74) is 4.15. The van der Waals surface area contributed by atoms with E-state index < -0.39 is 0 Å². The molecular formula is C13H17N. The first-order valence-electron chi connectivity index (χ1n) is 4.85. The Labute approximate surface area is 86.2 Å². The number of aromatic nitrogens is 1. The molecule has 0 amide bonds. The standard InChI is InChI=1S/C13H17N/c1-6-12-11(9(2)3)7-8-13(14-12)10(4)5/h6-8,10H,1-2H2,3-5H3. The van der Waals surface area contributed by atoms with Gasteiger partial charge < -0.3 is 0 Å². The maximum Gasteiger partial charge on any atom is 0.0701 e. The van der Waals surface area contributed by atoms with Crippen LogP contribution >= 0.6 is 0 Å². The smallest absolute Gasteiger partial charge is 0.0701 e. The molecule has 0 aromatic carbocycles. The van der Waals surface area contributed by atoms with Crippen molar-refractivity contribution >= 4 is 11.6 Å². The minimum absolute atomic E-state index is 0.452. The van der Waals surface area contributed by atoms with Crippen molar-refractivity contribution in [3.8, 4) is 0 Å². The van der Waals surface area contributed by atoms with Crippen LogP contribution in [0, 0.1) is 0 Å². The first-order valence-corrected chi connectivity index (χ1v) is 4.85. The van der Waals surface area contributed by atoms with Crippen LogP contribution in [0.25, 0.3) is 11.6 Å². The predicted molar refractivity (Wildman–Crippen MR) is 63.1 cm³/mol. The molecule has 1 rings (SSSR count). The second-order valence-corrected chi connectivity index (χ2v) is 3.81. The van der Waals surface area contributed by atoms with Crippen LogP contribution in [0.15, 0.2) is 25.3 Å². The van der Waals surface area contributed by atoms with E-state index in [-0.39, 0.29) is 0 Å². The summed E-state index contributed by atoms with van der Waals surface area (Å²) in [6.45, 7) is 13.9. The summed E-state index contributed by atoms with van der Waals surface area (Å²) in [5.74, 6) is 0.452. The largest absolute Gasteiger partial charge is 0.253 e. The molecule has 1 heteroatoms. The molecule has 0 atom stereocenters. The summed E-state index contributed by atoms with van der Waals surface area (Å²) in [5, 5.41) is 0. The molecule has 1 aromatic rings. The van der Waals surface area contributed by atoms with Crippen LogP contribution in [-0.4, -0.2) is 4.98 Å². The predicted octanol–water partition coefficient (Wildman–Crippen LogP) is 3.88. The summed E-state index contributed by atoms with van der Waals surface area (Å²) in [6.07, 6.45) is 1.79. The van der Waals surface area contributed by atoms with E-state index in [0.717, 1.165) is 22.5 Å². The van der Waals surface area contributed by atoms with Crippen molar-refractivity contribution in [1.29, 1.82) is 0 Å². The third-order valence-corrected chi connectivity index (χ3v) is 2.19. The molecule has 0 bridgehead atoms. The van der Waals surface area contributed by atoms with Crippen LogP contribution in [0.3, 0.4) is 0 Å². The van der Waals surface area contributed by atoms with Crippen LogP contribution < -0.4 is 0 Å². The molecule has 0 aliphatic carbocycles. The molecule has 0 spiro atoms. The molecule has 0 radical (unpaired) electrons. The third kappa shape index (κ3) is 2.11. The van der Waals surface area contributed by atoms with Crippen molar-refractivity contribution in [1.82, 2.24) is 4.98 Å². The van der Waals surface area contributed by atoms with Gasteiger partial charge in [-0.2, -0.15) is 0 Å². The second kappa shape index (κ2) is 4.23. The Bertz CT molecular complexity index is 361.